The lowest BCUT2D eigenvalue weighted by Gasteiger charge is -2.10. The third-order valence-corrected chi connectivity index (χ3v) is 2.25. The first-order valence-electron chi connectivity index (χ1n) is 4.27. The number of carbonyl (C=O) groups is 1. The molecule has 0 aromatic carbocycles. The zero-order valence-electron chi connectivity index (χ0n) is 8.34. The summed E-state index contributed by atoms with van der Waals surface area (Å²) in [5, 5.41) is -0.208. The molecule has 1 rings (SSSR count). The molecule has 1 heterocycles. The zero-order chi connectivity index (χ0) is 12.3. The predicted molar refractivity (Wildman–Crippen MR) is 53.4 cm³/mol. The first kappa shape index (κ1) is 12.8. The van der Waals surface area contributed by atoms with E-state index < -0.39 is 18.0 Å². The molecule has 0 bridgehead atoms. The van der Waals surface area contributed by atoms with Gasteiger partial charge in [-0.15, -0.1) is 0 Å². The van der Waals surface area contributed by atoms with Gasteiger partial charge in [0.25, 0.3) is 6.43 Å². The van der Waals surface area contributed by atoms with Gasteiger partial charge in [0, 0.05) is 17.7 Å². The van der Waals surface area contributed by atoms with Gasteiger partial charge in [0.05, 0.1) is 7.11 Å². The Balaban J connectivity index is 3.33. The van der Waals surface area contributed by atoms with Crippen molar-refractivity contribution in [3.8, 4) is 0 Å². The van der Waals surface area contributed by atoms with Crippen LogP contribution in [0.5, 0.6) is 0 Å². The number of esters is 1. The average molecular weight is 251 g/mol. The van der Waals surface area contributed by atoms with Crippen LogP contribution in [0.2, 0.25) is 5.15 Å². The number of pyridine rings is 1. The minimum atomic E-state index is -2.78. The van der Waals surface area contributed by atoms with Gasteiger partial charge in [-0.3, -0.25) is 0 Å². The van der Waals surface area contributed by atoms with Crippen molar-refractivity contribution >= 4 is 17.6 Å². The summed E-state index contributed by atoms with van der Waals surface area (Å²) in [6.45, 7) is -0.174. The Kier molecular flexibility index (Phi) is 4.14. The summed E-state index contributed by atoms with van der Waals surface area (Å²) >= 11 is 5.65. The van der Waals surface area contributed by atoms with Crippen LogP contribution in [0.4, 0.5) is 8.78 Å². The summed E-state index contributed by atoms with van der Waals surface area (Å²) in [5.41, 5.74) is 4.64. The van der Waals surface area contributed by atoms with Crippen LogP contribution in [0.15, 0.2) is 6.07 Å². The smallest absolute Gasteiger partial charge is 0.356 e. The van der Waals surface area contributed by atoms with E-state index in [1.807, 2.05) is 0 Å². The SMILES string of the molecule is COC(=O)c1cc(C(F)F)c(CN)c(Cl)n1. The van der Waals surface area contributed by atoms with E-state index in [2.05, 4.69) is 9.72 Å². The lowest BCUT2D eigenvalue weighted by Crippen LogP contribution is -2.10. The monoisotopic (exact) mass is 250 g/mol. The molecule has 0 atom stereocenters. The second-order valence-corrected chi connectivity index (χ2v) is 3.22. The van der Waals surface area contributed by atoms with Gasteiger partial charge in [-0.1, -0.05) is 11.6 Å². The van der Waals surface area contributed by atoms with E-state index in [0.29, 0.717) is 0 Å². The fraction of sp³-hybridized carbons (Fsp3) is 0.333. The topological polar surface area (TPSA) is 65.2 Å². The van der Waals surface area contributed by atoms with E-state index >= 15 is 0 Å². The fourth-order valence-corrected chi connectivity index (χ4v) is 1.44. The Labute approximate surface area is 95.4 Å². The second-order valence-electron chi connectivity index (χ2n) is 2.86. The summed E-state index contributed by atoms with van der Waals surface area (Å²) in [6, 6.07) is 0.935. The molecule has 7 heteroatoms. The number of rotatable bonds is 3. The highest BCUT2D eigenvalue weighted by Gasteiger charge is 2.20. The molecule has 0 fully saturated rings. The van der Waals surface area contributed by atoms with Gasteiger partial charge in [0.15, 0.2) is 5.69 Å². The van der Waals surface area contributed by atoms with Crippen molar-refractivity contribution in [2.75, 3.05) is 7.11 Å². The number of alkyl halides is 2. The Morgan fingerprint density at radius 2 is 2.31 bits per heavy atom. The van der Waals surface area contributed by atoms with E-state index in [1.54, 1.807) is 0 Å². The van der Waals surface area contributed by atoms with Crippen molar-refractivity contribution in [2.45, 2.75) is 13.0 Å². The van der Waals surface area contributed by atoms with Crippen LogP contribution in [0.1, 0.15) is 28.0 Å². The van der Waals surface area contributed by atoms with Crippen LogP contribution in [0, 0.1) is 0 Å². The molecule has 0 saturated carbocycles. The maximum atomic E-state index is 12.6. The van der Waals surface area contributed by atoms with Crippen LogP contribution < -0.4 is 5.73 Å². The Hall–Kier alpha value is -1.27. The Morgan fingerprint density at radius 3 is 2.75 bits per heavy atom. The van der Waals surface area contributed by atoms with E-state index in [4.69, 9.17) is 17.3 Å². The van der Waals surface area contributed by atoms with Crippen LogP contribution in [0.3, 0.4) is 0 Å². The fourth-order valence-electron chi connectivity index (χ4n) is 1.16. The molecule has 0 amide bonds. The van der Waals surface area contributed by atoms with Crippen molar-refractivity contribution in [1.82, 2.24) is 4.98 Å². The molecule has 0 aliphatic rings. The van der Waals surface area contributed by atoms with Crippen LogP contribution in [0.25, 0.3) is 0 Å². The number of ether oxygens (including phenoxy) is 1. The van der Waals surface area contributed by atoms with Gasteiger partial charge >= 0.3 is 5.97 Å². The van der Waals surface area contributed by atoms with Gasteiger partial charge in [-0.25, -0.2) is 18.6 Å². The molecule has 0 unspecified atom stereocenters. The largest absolute Gasteiger partial charge is 0.464 e. The van der Waals surface area contributed by atoms with Gasteiger partial charge < -0.3 is 10.5 Å². The van der Waals surface area contributed by atoms with Gasteiger partial charge in [0.2, 0.25) is 0 Å². The number of methoxy groups -OCH3 is 1. The van der Waals surface area contributed by atoms with Gasteiger partial charge in [0.1, 0.15) is 5.15 Å². The van der Waals surface area contributed by atoms with Crippen LogP contribution >= 0.6 is 11.6 Å². The highest BCUT2D eigenvalue weighted by molar-refractivity contribution is 6.30. The minimum absolute atomic E-state index is 0.0318. The summed E-state index contributed by atoms with van der Waals surface area (Å²) < 4.78 is 29.7. The third kappa shape index (κ3) is 2.45. The molecule has 1 aromatic rings. The zero-order valence-corrected chi connectivity index (χ0v) is 9.09. The maximum Gasteiger partial charge on any atom is 0.356 e. The highest BCUT2D eigenvalue weighted by atomic mass is 35.5. The van der Waals surface area contributed by atoms with E-state index in [0.717, 1.165) is 13.2 Å². The number of aromatic nitrogens is 1. The van der Waals surface area contributed by atoms with Crippen LogP contribution in [-0.2, 0) is 11.3 Å². The van der Waals surface area contributed by atoms with E-state index in [1.165, 1.54) is 0 Å². The summed E-state index contributed by atoms with van der Waals surface area (Å²) in [6.07, 6.45) is -2.78. The molecule has 0 aliphatic carbocycles. The number of halogens is 3. The van der Waals surface area contributed by atoms with Crippen molar-refractivity contribution in [3.05, 3.63) is 28.0 Å². The molecular formula is C9H9ClF2N2O2. The number of hydrogen-bond acceptors (Lipinski definition) is 4. The van der Waals surface area contributed by atoms with E-state index in [-0.39, 0.29) is 23.0 Å². The average Bonchev–Trinajstić information content (AvgIpc) is 2.26. The van der Waals surface area contributed by atoms with Crippen molar-refractivity contribution in [3.63, 3.8) is 0 Å². The standard InChI is InChI=1S/C9H9ClF2N2O2/c1-16-9(15)6-2-4(8(11)12)5(3-13)7(10)14-6/h2,8H,3,13H2,1H3. The second kappa shape index (κ2) is 5.18. The van der Waals surface area contributed by atoms with Gasteiger partial charge in [-0.2, -0.15) is 0 Å². The first-order valence-corrected chi connectivity index (χ1v) is 4.64. The number of hydrogen-bond donors (Lipinski definition) is 1. The third-order valence-electron chi connectivity index (χ3n) is 1.94. The molecule has 16 heavy (non-hydrogen) atoms. The van der Waals surface area contributed by atoms with Crippen molar-refractivity contribution in [1.29, 1.82) is 0 Å². The molecule has 2 N–H and O–H groups in total. The minimum Gasteiger partial charge on any atom is -0.464 e. The number of nitrogens with zero attached hydrogens (tertiary/aromatic N) is 1. The highest BCUT2D eigenvalue weighted by Crippen LogP contribution is 2.27. The molecular weight excluding hydrogens is 242 g/mol. The Morgan fingerprint density at radius 1 is 1.69 bits per heavy atom. The Bertz CT molecular complexity index is 413. The summed E-state index contributed by atoms with van der Waals surface area (Å²) in [4.78, 5) is 14.8. The van der Waals surface area contributed by atoms with Crippen molar-refractivity contribution in [2.24, 2.45) is 5.73 Å². The first-order chi connectivity index (χ1) is 7.51. The van der Waals surface area contributed by atoms with E-state index in [9.17, 15) is 13.6 Å². The molecule has 4 nitrogen and oxygen atoms in total. The molecule has 88 valence electrons. The van der Waals surface area contributed by atoms with Gasteiger partial charge in [-0.05, 0) is 6.07 Å². The number of nitrogens with two attached hydrogens (primary N) is 1. The number of carbonyl (C=O) groups excluding carboxylic acids is 1. The maximum absolute atomic E-state index is 12.6. The molecule has 0 radical (unpaired) electrons. The lowest BCUT2D eigenvalue weighted by molar-refractivity contribution is 0.0593. The molecule has 0 aliphatic heterocycles. The van der Waals surface area contributed by atoms with Crippen molar-refractivity contribution < 1.29 is 18.3 Å². The quantitative estimate of drug-likeness (QED) is 0.657. The summed E-state index contributed by atoms with van der Waals surface area (Å²) in [7, 11) is 1.12. The predicted octanol–water partition coefficient (Wildman–Crippen LogP) is 1.92. The normalized spacial score (nSPS) is 10.6. The lowest BCUT2D eigenvalue weighted by atomic mass is 10.1. The van der Waals surface area contributed by atoms with Crippen LogP contribution in [-0.4, -0.2) is 18.1 Å². The molecule has 0 saturated heterocycles. The molecule has 0 spiro atoms. The molecule has 1 aromatic heterocycles. The summed E-state index contributed by atoms with van der Waals surface area (Å²) in [5.74, 6) is -0.827.